The van der Waals surface area contributed by atoms with Crippen molar-refractivity contribution in [3.8, 4) is 45.8 Å². The molecular weight excluding hydrogens is 975 g/mol. The fourth-order valence-electron chi connectivity index (χ4n) is 10.8. The number of aliphatic hydroxyl groups is 3. The van der Waals surface area contributed by atoms with Crippen LogP contribution in [0.4, 0.5) is 0 Å². The molecule has 4 aliphatic rings. The second-order valence-corrected chi connectivity index (χ2v) is 19.8. The summed E-state index contributed by atoms with van der Waals surface area (Å²) in [6.45, 7) is 7.68. The van der Waals surface area contributed by atoms with Crippen LogP contribution in [0.25, 0.3) is 17.1 Å². The number of benzene rings is 4. The van der Waals surface area contributed by atoms with Gasteiger partial charge < -0.3 is 60.0 Å². The van der Waals surface area contributed by atoms with Crippen molar-refractivity contribution in [2.24, 2.45) is 5.92 Å². The van der Waals surface area contributed by atoms with E-state index in [1.54, 1.807) is 32.0 Å². The molecule has 0 radical (unpaired) electrons. The SMILES string of the molecule is CCOC(=O)c1nnc(-c2cc(C(C)C)c(O)cc2O)n1-c1ccc(CN2CCC(C(=O)N[C@H]3C[C@H](O[C@H]4C[C@](O)(C(=O)CO)Cc5c(O)c6c(c(O)c54)C(=O)c4c(OC)cccc4C6=O)O[C@@H](C)[C@H]3O)CC2)cc1. The molecule has 0 bridgehead atoms. The summed E-state index contributed by atoms with van der Waals surface area (Å²) in [7, 11) is 1.31. The predicted molar refractivity (Wildman–Crippen MR) is 264 cm³/mol. The number of Topliss-reactive ketones (excluding diaryl/α,β-unsaturated/α-hetero) is 1. The van der Waals surface area contributed by atoms with E-state index in [0.29, 0.717) is 43.7 Å². The van der Waals surface area contributed by atoms with Crippen molar-refractivity contribution >= 4 is 29.2 Å². The van der Waals surface area contributed by atoms with E-state index in [-0.39, 0.29) is 81.6 Å². The first-order valence-electron chi connectivity index (χ1n) is 24.8. The summed E-state index contributed by atoms with van der Waals surface area (Å²) in [6.07, 6.45) is -5.26. The van der Waals surface area contributed by atoms with Crippen LogP contribution >= 0.6 is 0 Å². The first-order chi connectivity index (χ1) is 35.8. The summed E-state index contributed by atoms with van der Waals surface area (Å²) < 4.78 is 24.5. The minimum Gasteiger partial charge on any atom is -0.508 e. The van der Waals surface area contributed by atoms with Gasteiger partial charge >= 0.3 is 5.97 Å². The van der Waals surface area contributed by atoms with E-state index in [0.717, 1.165) is 5.56 Å². The van der Waals surface area contributed by atoms with Crippen LogP contribution in [0.3, 0.4) is 0 Å². The maximum absolute atomic E-state index is 14.1. The number of phenolic OH excluding ortho intramolecular Hbond substituents is 4. The second kappa shape index (κ2) is 20.8. The number of nitrogens with one attached hydrogen (secondary N) is 1. The molecule has 8 N–H and O–H groups in total. The lowest BCUT2D eigenvalue weighted by atomic mass is 9.72. The Kier molecular flexibility index (Phi) is 14.6. The normalized spacial score (nSPS) is 22.8. The molecule has 1 amide bonds. The van der Waals surface area contributed by atoms with Gasteiger partial charge in [0.05, 0.1) is 54.2 Å². The number of ether oxygens (including phenoxy) is 4. The molecule has 0 saturated carbocycles. The summed E-state index contributed by atoms with van der Waals surface area (Å²) >= 11 is 0. The first kappa shape index (κ1) is 52.6. The summed E-state index contributed by atoms with van der Waals surface area (Å²) in [6, 6.07) is 13.6. The minimum absolute atomic E-state index is 0.0539. The second-order valence-electron chi connectivity index (χ2n) is 19.8. The topological polar surface area (TPSA) is 310 Å². The number of aromatic nitrogens is 3. The van der Waals surface area contributed by atoms with Gasteiger partial charge in [-0.05, 0) is 81.1 Å². The number of nitrogens with zero attached hydrogens (tertiary/aromatic N) is 4. The zero-order valence-corrected chi connectivity index (χ0v) is 41.9. The van der Waals surface area contributed by atoms with Gasteiger partial charge in [-0.3, -0.25) is 28.6 Å². The monoisotopic (exact) mass is 1030 g/mol. The fraction of sp³-hybridized carbons (Fsp3) is 0.426. The third kappa shape index (κ3) is 9.59. The summed E-state index contributed by atoms with van der Waals surface area (Å²) in [5.41, 5.74) is -1.82. The van der Waals surface area contributed by atoms with Gasteiger partial charge in [0.2, 0.25) is 17.5 Å². The standard InChI is InChI=1S/C54H59N5O16/c1-6-73-53(70)51-57-56-50(32-18-31(25(2)3)35(61)20-36(32)62)59(51)29-12-10-27(11-13-29)23-58-16-14-28(15-17-58)52(69)55-34-19-40(74-26(4)45(34)64)75-38-22-54(71,39(63)24-60)21-33-42(38)49(68)44-43(47(33)66)46(65)30-8-7-9-37(72-5)41(30)48(44)67/h7-13,18,20,25-26,28,34,38,40,45,60-62,64,66,68,71H,6,14-17,19,21-24H2,1-5H3,(H,55,69)/t26-,34-,38-,40-,45+,54-/m0/s1. The Hall–Kier alpha value is -7.27. The van der Waals surface area contributed by atoms with Crippen LogP contribution in [0.5, 0.6) is 28.7 Å². The lowest BCUT2D eigenvalue weighted by Crippen LogP contribution is -2.57. The number of amides is 1. The van der Waals surface area contributed by atoms with E-state index in [1.807, 2.05) is 26.0 Å². The van der Waals surface area contributed by atoms with E-state index in [4.69, 9.17) is 18.9 Å². The number of aliphatic hydroxyl groups excluding tert-OH is 2. The van der Waals surface area contributed by atoms with Crippen molar-refractivity contribution in [2.75, 3.05) is 33.4 Å². The first-order valence-corrected chi connectivity index (χ1v) is 24.8. The zero-order chi connectivity index (χ0) is 53.8. The Morgan fingerprint density at radius 1 is 0.920 bits per heavy atom. The highest BCUT2D eigenvalue weighted by molar-refractivity contribution is 6.31. The molecule has 0 unspecified atom stereocenters. The molecule has 396 valence electrons. The Balaban J connectivity index is 0.880. The van der Waals surface area contributed by atoms with Crippen LogP contribution in [0.15, 0.2) is 54.6 Å². The van der Waals surface area contributed by atoms with Crippen LogP contribution in [0, 0.1) is 5.92 Å². The van der Waals surface area contributed by atoms with E-state index in [1.165, 1.54) is 35.9 Å². The van der Waals surface area contributed by atoms with Gasteiger partial charge in [0.15, 0.2) is 23.7 Å². The number of fused-ring (bicyclic) bond motifs is 3. The molecule has 2 saturated heterocycles. The van der Waals surface area contributed by atoms with Gasteiger partial charge in [-0.25, -0.2) is 4.79 Å². The molecule has 9 rings (SSSR count). The lowest BCUT2D eigenvalue weighted by Gasteiger charge is -2.43. The van der Waals surface area contributed by atoms with Crippen LogP contribution in [-0.2, 0) is 36.8 Å². The number of aromatic hydroxyl groups is 4. The maximum Gasteiger partial charge on any atom is 0.376 e. The molecule has 21 heteroatoms. The van der Waals surface area contributed by atoms with Crippen molar-refractivity contribution < 1.29 is 78.7 Å². The molecule has 2 aliphatic heterocycles. The molecule has 6 atom stereocenters. The predicted octanol–water partition coefficient (Wildman–Crippen LogP) is 4.03. The molecule has 75 heavy (non-hydrogen) atoms. The zero-order valence-electron chi connectivity index (χ0n) is 41.9. The van der Waals surface area contributed by atoms with Gasteiger partial charge in [-0.15, -0.1) is 10.2 Å². The van der Waals surface area contributed by atoms with E-state index < -0.39 is 108 Å². The van der Waals surface area contributed by atoms with Crippen molar-refractivity contribution in [1.82, 2.24) is 25.0 Å². The number of carbonyl (C=O) groups is 5. The highest BCUT2D eigenvalue weighted by Gasteiger charge is 2.50. The van der Waals surface area contributed by atoms with Gasteiger partial charge in [0, 0.05) is 60.2 Å². The summed E-state index contributed by atoms with van der Waals surface area (Å²) in [4.78, 5) is 70.3. The Bertz CT molecular complexity index is 3090. The molecule has 2 fully saturated rings. The number of ketones is 3. The summed E-state index contributed by atoms with van der Waals surface area (Å²) in [5.74, 6) is -5.90. The molecule has 1 aromatic heterocycles. The quantitative estimate of drug-likeness (QED) is 0.0564. The molecule has 3 heterocycles. The van der Waals surface area contributed by atoms with Crippen molar-refractivity contribution in [1.29, 1.82) is 0 Å². The number of methoxy groups -OCH3 is 1. The molecular formula is C54H59N5O16. The van der Waals surface area contributed by atoms with Crippen molar-refractivity contribution in [3.05, 3.63) is 105 Å². The van der Waals surface area contributed by atoms with E-state index >= 15 is 0 Å². The number of rotatable bonds is 14. The number of piperidine rings is 1. The third-order valence-electron chi connectivity index (χ3n) is 14.8. The lowest BCUT2D eigenvalue weighted by molar-refractivity contribution is -0.249. The smallest absolute Gasteiger partial charge is 0.376 e. The number of likely N-dealkylation sites (tertiary alicyclic amines) is 1. The Labute approximate surface area is 430 Å². The number of hydrogen-bond acceptors (Lipinski definition) is 19. The van der Waals surface area contributed by atoms with Crippen LogP contribution in [0.2, 0.25) is 0 Å². The van der Waals surface area contributed by atoms with E-state index in [9.17, 15) is 59.7 Å². The number of carbonyl (C=O) groups excluding carboxylic acids is 5. The molecule has 5 aromatic rings. The highest BCUT2D eigenvalue weighted by Crippen LogP contribution is 2.53. The van der Waals surface area contributed by atoms with Crippen LogP contribution in [-0.4, -0.2) is 148 Å². The van der Waals surface area contributed by atoms with Crippen molar-refractivity contribution in [2.45, 2.75) is 109 Å². The molecule has 0 spiro atoms. The average Bonchev–Trinajstić information content (AvgIpc) is 3.83. The largest absolute Gasteiger partial charge is 0.508 e. The Morgan fingerprint density at radius 3 is 2.29 bits per heavy atom. The van der Waals surface area contributed by atoms with Crippen LogP contribution < -0.4 is 10.1 Å². The number of esters is 1. The Morgan fingerprint density at radius 2 is 1.63 bits per heavy atom. The average molecular weight is 1030 g/mol. The molecule has 2 aliphatic carbocycles. The highest BCUT2D eigenvalue weighted by atomic mass is 16.7. The van der Waals surface area contributed by atoms with E-state index in [2.05, 4.69) is 20.4 Å². The maximum atomic E-state index is 14.1. The minimum atomic E-state index is -2.37. The van der Waals surface area contributed by atoms with Gasteiger partial charge in [-0.2, -0.15) is 0 Å². The summed E-state index contributed by atoms with van der Waals surface area (Å²) in [5, 5.41) is 89.3. The van der Waals surface area contributed by atoms with Crippen molar-refractivity contribution in [3.63, 3.8) is 0 Å². The third-order valence-corrected chi connectivity index (χ3v) is 14.8. The van der Waals surface area contributed by atoms with Crippen LogP contribution in [0.1, 0.15) is 130 Å². The van der Waals surface area contributed by atoms with Gasteiger partial charge in [0.25, 0.3) is 0 Å². The van der Waals surface area contributed by atoms with Gasteiger partial charge in [0.1, 0.15) is 47.1 Å². The van der Waals surface area contributed by atoms with Gasteiger partial charge in [-0.1, -0.05) is 38.1 Å². The molecule has 21 nitrogen and oxygen atoms in total. The number of hydrogen-bond donors (Lipinski definition) is 8. The number of phenols is 4. The fourth-order valence-corrected chi connectivity index (χ4v) is 10.8. The molecule has 4 aromatic carbocycles.